The number of aromatic nitrogens is 1. The van der Waals surface area contributed by atoms with E-state index in [2.05, 4.69) is 93.2 Å². The van der Waals surface area contributed by atoms with Crippen molar-refractivity contribution < 1.29 is 9.90 Å². The van der Waals surface area contributed by atoms with Crippen LogP contribution in [0.4, 0.5) is 0 Å². The van der Waals surface area contributed by atoms with Crippen LogP contribution in [0, 0.1) is 0 Å². The molecule has 0 saturated heterocycles. The van der Waals surface area contributed by atoms with Gasteiger partial charge in [0.15, 0.2) is 0 Å². The van der Waals surface area contributed by atoms with Gasteiger partial charge in [-0.2, -0.15) is 0 Å². The van der Waals surface area contributed by atoms with E-state index in [1.165, 1.54) is 16.5 Å². The Labute approximate surface area is 217 Å². The Morgan fingerprint density at radius 2 is 1.72 bits per heavy atom. The summed E-state index contributed by atoms with van der Waals surface area (Å²) in [6, 6.07) is 17.0. The molecule has 1 aromatic heterocycles. The van der Waals surface area contributed by atoms with Crippen LogP contribution in [0.15, 0.2) is 54.7 Å². The van der Waals surface area contributed by atoms with Crippen molar-refractivity contribution in [3.63, 3.8) is 0 Å². The van der Waals surface area contributed by atoms with E-state index in [0.717, 1.165) is 43.3 Å². The minimum Gasteiger partial charge on any atom is -0.392 e. The molecule has 3 rings (SSSR count). The lowest BCUT2D eigenvalue weighted by Crippen LogP contribution is -2.43. The summed E-state index contributed by atoms with van der Waals surface area (Å²) in [6.45, 7) is 13.8. The standard InChI is InChI=1S/C31H45N3O2/c1-6-10-27(35)22-33(18-7-2)23-30(36)34(21-24-13-15-26(16-14-24)31(3,4)5)19-17-25-20-32-29-12-9-8-11-28(25)29/h8-9,11-16,20,27,32,35H,6-7,10,17-19,21-23H2,1-5H3. The van der Waals surface area contributed by atoms with Gasteiger partial charge in [-0.15, -0.1) is 0 Å². The van der Waals surface area contributed by atoms with Crippen molar-refractivity contribution in [3.05, 3.63) is 71.4 Å². The van der Waals surface area contributed by atoms with Crippen molar-refractivity contribution in [2.24, 2.45) is 0 Å². The van der Waals surface area contributed by atoms with Crippen LogP contribution in [0.25, 0.3) is 10.9 Å². The van der Waals surface area contributed by atoms with Crippen LogP contribution in [0.3, 0.4) is 0 Å². The van der Waals surface area contributed by atoms with Gasteiger partial charge in [0.1, 0.15) is 0 Å². The normalized spacial score (nSPS) is 12.9. The smallest absolute Gasteiger partial charge is 0.237 e. The summed E-state index contributed by atoms with van der Waals surface area (Å²) >= 11 is 0. The van der Waals surface area contributed by atoms with Gasteiger partial charge in [-0.25, -0.2) is 0 Å². The van der Waals surface area contributed by atoms with Crippen molar-refractivity contribution in [1.29, 1.82) is 0 Å². The fraction of sp³-hybridized carbons (Fsp3) is 0.516. The minimum atomic E-state index is -0.390. The predicted octanol–water partition coefficient (Wildman–Crippen LogP) is 5.91. The number of H-pyrrole nitrogens is 1. The van der Waals surface area contributed by atoms with Crippen molar-refractivity contribution in [1.82, 2.24) is 14.8 Å². The zero-order chi connectivity index (χ0) is 26.1. The molecular weight excluding hydrogens is 446 g/mol. The number of aromatic amines is 1. The molecule has 0 spiro atoms. The first kappa shape index (κ1) is 27.9. The third kappa shape index (κ3) is 7.94. The van der Waals surface area contributed by atoms with Crippen LogP contribution in [0.2, 0.25) is 0 Å². The highest BCUT2D eigenvalue weighted by Crippen LogP contribution is 2.23. The van der Waals surface area contributed by atoms with Crippen LogP contribution in [-0.4, -0.2) is 58.1 Å². The molecule has 5 heteroatoms. The number of aliphatic hydroxyl groups excluding tert-OH is 1. The molecule has 0 bridgehead atoms. The monoisotopic (exact) mass is 491 g/mol. The summed E-state index contributed by atoms with van der Waals surface area (Å²) < 4.78 is 0. The van der Waals surface area contributed by atoms with E-state index in [4.69, 9.17) is 0 Å². The number of rotatable bonds is 13. The van der Waals surface area contributed by atoms with Crippen LogP contribution in [-0.2, 0) is 23.2 Å². The molecule has 0 fully saturated rings. The van der Waals surface area contributed by atoms with Crippen molar-refractivity contribution >= 4 is 16.8 Å². The quantitative estimate of drug-likeness (QED) is 0.312. The fourth-order valence-electron chi connectivity index (χ4n) is 4.78. The maximum atomic E-state index is 13.6. The van der Waals surface area contributed by atoms with E-state index in [1.54, 1.807) is 0 Å². The number of benzene rings is 2. The van der Waals surface area contributed by atoms with Gasteiger partial charge in [0, 0.05) is 36.7 Å². The van der Waals surface area contributed by atoms with Gasteiger partial charge in [-0.05, 0) is 54.0 Å². The summed E-state index contributed by atoms with van der Waals surface area (Å²) in [5, 5.41) is 11.6. The maximum absolute atomic E-state index is 13.6. The molecule has 0 saturated carbocycles. The summed E-state index contributed by atoms with van der Waals surface area (Å²) in [7, 11) is 0. The Hall–Kier alpha value is -2.63. The molecule has 0 aliphatic heterocycles. The lowest BCUT2D eigenvalue weighted by molar-refractivity contribution is -0.133. The number of nitrogens with zero attached hydrogens (tertiary/aromatic N) is 2. The van der Waals surface area contributed by atoms with E-state index in [1.807, 2.05) is 11.0 Å². The number of amides is 1. The average molecular weight is 492 g/mol. The number of para-hydroxylation sites is 1. The van der Waals surface area contributed by atoms with Crippen LogP contribution in [0.1, 0.15) is 70.6 Å². The summed E-state index contributed by atoms with van der Waals surface area (Å²) in [5.41, 5.74) is 4.89. The zero-order valence-electron chi connectivity index (χ0n) is 22.9. The first-order chi connectivity index (χ1) is 17.2. The first-order valence-corrected chi connectivity index (χ1v) is 13.5. The highest BCUT2D eigenvalue weighted by Gasteiger charge is 2.21. The van der Waals surface area contributed by atoms with E-state index in [0.29, 0.717) is 26.2 Å². The Morgan fingerprint density at radius 1 is 1.00 bits per heavy atom. The van der Waals surface area contributed by atoms with Crippen molar-refractivity contribution in [2.45, 2.75) is 78.4 Å². The number of hydrogen-bond acceptors (Lipinski definition) is 3. The lowest BCUT2D eigenvalue weighted by Gasteiger charge is -2.29. The SMILES string of the molecule is CCCC(O)CN(CCC)CC(=O)N(CCc1c[nH]c2ccccc12)Cc1ccc(C(C)(C)C)cc1. The molecule has 0 aliphatic carbocycles. The molecule has 0 aliphatic rings. The number of fused-ring (bicyclic) bond motifs is 1. The van der Waals surface area contributed by atoms with E-state index >= 15 is 0 Å². The highest BCUT2D eigenvalue weighted by molar-refractivity contribution is 5.83. The Balaban J connectivity index is 1.76. The molecule has 3 aromatic rings. The Kier molecular flexibility index (Phi) is 10.1. The van der Waals surface area contributed by atoms with Crippen molar-refractivity contribution in [3.8, 4) is 0 Å². The summed E-state index contributed by atoms with van der Waals surface area (Å²) in [5.74, 6) is 0.117. The van der Waals surface area contributed by atoms with Gasteiger partial charge in [-0.1, -0.05) is 83.5 Å². The molecule has 1 amide bonds. The van der Waals surface area contributed by atoms with E-state index in [-0.39, 0.29) is 17.4 Å². The lowest BCUT2D eigenvalue weighted by atomic mass is 9.87. The largest absolute Gasteiger partial charge is 0.392 e. The number of hydrogen-bond donors (Lipinski definition) is 2. The minimum absolute atomic E-state index is 0.101. The third-order valence-corrected chi connectivity index (χ3v) is 6.86. The van der Waals surface area contributed by atoms with Gasteiger partial charge >= 0.3 is 0 Å². The van der Waals surface area contributed by atoms with E-state index in [9.17, 15) is 9.90 Å². The van der Waals surface area contributed by atoms with Crippen molar-refractivity contribution in [2.75, 3.05) is 26.2 Å². The van der Waals surface area contributed by atoms with Crippen LogP contribution < -0.4 is 0 Å². The molecule has 196 valence electrons. The summed E-state index contributed by atoms with van der Waals surface area (Å²) in [4.78, 5) is 21.1. The molecular formula is C31H45N3O2. The molecule has 5 nitrogen and oxygen atoms in total. The second-order valence-corrected chi connectivity index (χ2v) is 11.0. The maximum Gasteiger partial charge on any atom is 0.237 e. The summed E-state index contributed by atoms with van der Waals surface area (Å²) in [6.07, 6.45) is 5.13. The van der Waals surface area contributed by atoms with Gasteiger partial charge < -0.3 is 15.0 Å². The second-order valence-electron chi connectivity index (χ2n) is 11.0. The topological polar surface area (TPSA) is 59.6 Å². The molecule has 36 heavy (non-hydrogen) atoms. The van der Waals surface area contributed by atoms with E-state index < -0.39 is 0 Å². The van der Waals surface area contributed by atoms with Crippen LogP contribution in [0.5, 0.6) is 0 Å². The molecule has 2 aromatic carbocycles. The van der Waals surface area contributed by atoms with Gasteiger partial charge in [0.2, 0.25) is 5.91 Å². The Bertz CT molecular complexity index is 1080. The number of carbonyl (C=O) groups is 1. The second kappa shape index (κ2) is 13.1. The van der Waals surface area contributed by atoms with Gasteiger partial charge in [0.05, 0.1) is 12.6 Å². The molecule has 1 atom stereocenters. The number of aliphatic hydroxyl groups is 1. The Morgan fingerprint density at radius 3 is 2.39 bits per heavy atom. The molecule has 0 radical (unpaired) electrons. The molecule has 2 N–H and O–H groups in total. The first-order valence-electron chi connectivity index (χ1n) is 13.5. The predicted molar refractivity (Wildman–Crippen MR) is 150 cm³/mol. The van der Waals surface area contributed by atoms with Gasteiger partial charge in [-0.3, -0.25) is 9.69 Å². The molecule has 1 heterocycles. The number of nitrogens with one attached hydrogen (secondary N) is 1. The fourth-order valence-corrected chi connectivity index (χ4v) is 4.78. The third-order valence-electron chi connectivity index (χ3n) is 6.86. The molecule has 1 unspecified atom stereocenters. The van der Waals surface area contributed by atoms with Gasteiger partial charge in [0.25, 0.3) is 0 Å². The van der Waals surface area contributed by atoms with Crippen LogP contribution >= 0.6 is 0 Å². The number of carbonyl (C=O) groups excluding carboxylic acids is 1. The highest BCUT2D eigenvalue weighted by atomic mass is 16.3. The zero-order valence-corrected chi connectivity index (χ0v) is 22.9. The average Bonchev–Trinajstić information content (AvgIpc) is 3.25.